The molecule has 1 spiro atoms. The molecule has 0 atom stereocenters. The third-order valence-electron chi connectivity index (χ3n) is 6.72. The van der Waals surface area contributed by atoms with Crippen molar-refractivity contribution in [2.24, 2.45) is 0 Å². The second-order valence-corrected chi connectivity index (χ2v) is 8.51. The number of hydrogen-bond acceptors (Lipinski definition) is 4. The monoisotopic (exact) mass is 388 g/mol. The molecule has 1 amide bonds. The van der Waals surface area contributed by atoms with Gasteiger partial charge in [-0.1, -0.05) is 18.2 Å². The third-order valence-corrected chi connectivity index (χ3v) is 6.72. The number of piperidine rings is 1. The van der Waals surface area contributed by atoms with Crippen LogP contribution in [0, 0.1) is 0 Å². The lowest BCUT2D eigenvalue weighted by Crippen LogP contribution is -2.48. The number of carbonyl (C=O) groups excluding carboxylic acids is 1. The van der Waals surface area contributed by atoms with Crippen molar-refractivity contribution < 1.29 is 9.53 Å². The Morgan fingerprint density at radius 1 is 1.14 bits per heavy atom. The highest BCUT2D eigenvalue weighted by atomic mass is 16.5. The molecule has 0 radical (unpaired) electrons. The van der Waals surface area contributed by atoms with Crippen LogP contribution in [0.25, 0.3) is 10.9 Å². The molecule has 148 valence electrons. The number of fused-ring (bicyclic) bond motifs is 4. The lowest BCUT2D eigenvalue weighted by atomic mass is 9.83. The predicted molar refractivity (Wildman–Crippen MR) is 109 cm³/mol. The SMILES string of the molecule is O=C(c1cnc(C2CC2)nc1)N1CCC2(CC1)OCCc1c2[nH]c2ccccc12. The number of H-pyrrole nitrogens is 1. The van der Waals surface area contributed by atoms with Crippen LogP contribution >= 0.6 is 0 Å². The molecular formula is C23H24N4O2. The summed E-state index contributed by atoms with van der Waals surface area (Å²) in [5.41, 5.74) is 4.05. The first-order chi connectivity index (χ1) is 14.2. The number of para-hydroxylation sites is 1. The molecule has 6 nitrogen and oxygen atoms in total. The summed E-state index contributed by atoms with van der Waals surface area (Å²) in [6, 6.07) is 8.48. The molecule has 6 rings (SSSR count). The van der Waals surface area contributed by atoms with Gasteiger partial charge in [0.1, 0.15) is 11.4 Å². The standard InChI is InChI=1S/C23H24N4O2/c28-22(16-13-24-21(25-14-16)15-5-6-15)27-10-8-23(9-11-27)20-18(7-12-29-23)17-3-1-2-4-19(17)26-20/h1-4,13-15,26H,5-12H2. The molecular weight excluding hydrogens is 364 g/mol. The highest BCUT2D eigenvalue weighted by Gasteiger charge is 2.43. The average molecular weight is 388 g/mol. The minimum atomic E-state index is -0.310. The van der Waals surface area contributed by atoms with Crippen LogP contribution in [0.4, 0.5) is 0 Å². The number of aromatic nitrogens is 3. The van der Waals surface area contributed by atoms with Gasteiger partial charge in [-0.15, -0.1) is 0 Å². The quantitative estimate of drug-likeness (QED) is 0.729. The molecule has 1 aliphatic carbocycles. The number of nitrogens with one attached hydrogen (secondary N) is 1. The van der Waals surface area contributed by atoms with Gasteiger partial charge in [-0.05, 0) is 43.7 Å². The van der Waals surface area contributed by atoms with Gasteiger partial charge in [-0.25, -0.2) is 9.97 Å². The highest BCUT2D eigenvalue weighted by Crippen LogP contribution is 2.43. The zero-order valence-corrected chi connectivity index (χ0v) is 16.4. The Morgan fingerprint density at radius 2 is 1.90 bits per heavy atom. The fraction of sp³-hybridized carbons (Fsp3) is 0.435. The zero-order chi connectivity index (χ0) is 19.4. The molecule has 2 fully saturated rings. The molecule has 1 aromatic carbocycles. The Balaban J connectivity index is 1.22. The summed E-state index contributed by atoms with van der Waals surface area (Å²) < 4.78 is 6.35. The number of nitrogens with zero attached hydrogens (tertiary/aromatic N) is 3. The number of ether oxygens (including phenoxy) is 1. The number of aromatic amines is 1. The Bertz CT molecular complexity index is 1080. The lowest BCUT2D eigenvalue weighted by Gasteiger charge is -2.43. The smallest absolute Gasteiger partial charge is 0.256 e. The third kappa shape index (κ3) is 2.77. The molecule has 1 saturated heterocycles. The van der Waals surface area contributed by atoms with Crippen molar-refractivity contribution in [1.82, 2.24) is 19.9 Å². The maximum Gasteiger partial charge on any atom is 0.256 e. The average Bonchev–Trinajstić information content (AvgIpc) is 3.55. The molecule has 29 heavy (non-hydrogen) atoms. The van der Waals surface area contributed by atoms with Gasteiger partial charge in [0.2, 0.25) is 0 Å². The number of rotatable bonds is 2. The highest BCUT2D eigenvalue weighted by molar-refractivity contribution is 5.93. The van der Waals surface area contributed by atoms with Crippen molar-refractivity contribution in [2.45, 2.75) is 43.6 Å². The van der Waals surface area contributed by atoms with Crippen molar-refractivity contribution in [3.05, 3.63) is 59.3 Å². The summed E-state index contributed by atoms with van der Waals surface area (Å²) in [4.78, 5) is 27.3. The Labute approximate surface area is 169 Å². The van der Waals surface area contributed by atoms with E-state index >= 15 is 0 Å². The van der Waals surface area contributed by atoms with Crippen LogP contribution in [-0.4, -0.2) is 45.5 Å². The molecule has 2 aromatic heterocycles. The number of carbonyl (C=O) groups is 1. The summed E-state index contributed by atoms with van der Waals surface area (Å²) in [6.07, 6.45) is 8.27. The van der Waals surface area contributed by atoms with Gasteiger partial charge < -0.3 is 14.6 Å². The van der Waals surface area contributed by atoms with Gasteiger partial charge in [-0.3, -0.25) is 4.79 Å². The first kappa shape index (κ1) is 17.2. The maximum absolute atomic E-state index is 13.0. The van der Waals surface area contributed by atoms with E-state index in [0.29, 0.717) is 24.6 Å². The topological polar surface area (TPSA) is 71.1 Å². The van der Waals surface area contributed by atoms with Gasteiger partial charge in [0.05, 0.1) is 17.9 Å². The van der Waals surface area contributed by atoms with Crippen molar-refractivity contribution in [1.29, 1.82) is 0 Å². The summed E-state index contributed by atoms with van der Waals surface area (Å²) >= 11 is 0. The molecule has 1 saturated carbocycles. The van der Waals surface area contributed by atoms with Crippen LogP contribution < -0.4 is 0 Å². The number of amides is 1. The van der Waals surface area contributed by atoms with Gasteiger partial charge in [0.15, 0.2) is 0 Å². The molecule has 4 heterocycles. The minimum absolute atomic E-state index is 0.0230. The van der Waals surface area contributed by atoms with Gasteiger partial charge in [0.25, 0.3) is 5.91 Å². The van der Waals surface area contributed by atoms with Crippen molar-refractivity contribution >= 4 is 16.8 Å². The molecule has 3 aliphatic rings. The van der Waals surface area contributed by atoms with Crippen molar-refractivity contribution in [3.8, 4) is 0 Å². The molecule has 6 heteroatoms. The minimum Gasteiger partial charge on any atom is -0.368 e. The number of benzene rings is 1. The summed E-state index contributed by atoms with van der Waals surface area (Å²) in [5, 5.41) is 1.30. The van der Waals surface area contributed by atoms with Crippen LogP contribution in [0.3, 0.4) is 0 Å². The lowest BCUT2D eigenvalue weighted by molar-refractivity contribution is -0.0957. The van der Waals surface area contributed by atoms with E-state index in [-0.39, 0.29) is 11.5 Å². The largest absolute Gasteiger partial charge is 0.368 e. The Hall–Kier alpha value is -2.73. The zero-order valence-electron chi connectivity index (χ0n) is 16.4. The summed E-state index contributed by atoms with van der Waals surface area (Å²) in [5.74, 6) is 1.40. The fourth-order valence-corrected chi connectivity index (χ4v) is 4.92. The second kappa shape index (κ2) is 6.39. The second-order valence-electron chi connectivity index (χ2n) is 8.51. The van der Waals surface area contributed by atoms with Crippen molar-refractivity contribution in [3.63, 3.8) is 0 Å². The first-order valence-electron chi connectivity index (χ1n) is 10.6. The van der Waals surface area contributed by atoms with E-state index in [4.69, 9.17) is 4.74 Å². The fourth-order valence-electron chi connectivity index (χ4n) is 4.92. The van der Waals surface area contributed by atoms with E-state index in [2.05, 4.69) is 39.2 Å². The van der Waals surface area contributed by atoms with Gasteiger partial charge in [-0.2, -0.15) is 0 Å². The molecule has 2 aliphatic heterocycles. The molecule has 0 bridgehead atoms. The molecule has 1 N–H and O–H groups in total. The van der Waals surface area contributed by atoms with Gasteiger partial charge >= 0.3 is 0 Å². The van der Waals surface area contributed by atoms with E-state index in [9.17, 15) is 4.79 Å². The van der Waals surface area contributed by atoms with Crippen LogP contribution in [0.15, 0.2) is 36.7 Å². The summed E-state index contributed by atoms with van der Waals surface area (Å²) in [7, 11) is 0. The van der Waals surface area contributed by atoms with Gasteiger partial charge in [0, 0.05) is 42.3 Å². The normalized spacial score (nSPS) is 20.8. The van der Waals surface area contributed by atoms with Crippen LogP contribution in [0.1, 0.15) is 59.0 Å². The molecule has 3 aromatic rings. The summed E-state index contributed by atoms with van der Waals surface area (Å²) in [6.45, 7) is 2.09. The van der Waals surface area contributed by atoms with E-state index in [0.717, 1.165) is 44.5 Å². The van der Waals surface area contributed by atoms with E-state index in [1.807, 2.05) is 4.90 Å². The van der Waals surface area contributed by atoms with Crippen LogP contribution in [0.2, 0.25) is 0 Å². The van der Waals surface area contributed by atoms with Crippen LogP contribution in [-0.2, 0) is 16.8 Å². The number of likely N-dealkylation sites (tertiary alicyclic amines) is 1. The Morgan fingerprint density at radius 3 is 2.66 bits per heavy atom. The first-order valence-corrected chi connectivity index (χ1v) is 10.6. The van der Waals surface area contributed by atoms with E-state index in [1.54, 1.807) is 12.4 Å². The predicted octanol–water partition coefficient (Wildman–Crippen LogP) is 3.54. The van der Waals surface area contributed by atoms with E-state index in [1.165, 1.54) is 22.2 Å². The molecule has 0 unspecified atom stereocenters. The van der Waals surface area contributed by atoms with E-state index < -0.39 is 0 Å². The number of hydrogen-bond donors (Lipinski definition) is 1. The maximum atomic E-state index is 13.0. The van der Waals surface area contributed by atoms with Crippen molar-refractivity contribution in [2.75, 3.05) is 19.7 Å². The van der Waals surface area contributed by atoms with Crippen LogP contribution in [0.5, 0.6) is 0 Å². The Kier molecular flexibility index (Phi) is 3.78.